The van der Waals surface area contributed by atoms with E-state index in [9.17, 15) is 0 Å². The van der Waals surface area contributed by atoms with Crippen molar-refractivity contribution in [2.24, 2.45) is 0 Å². The first-order chi connectivity index (χ1) is 19.4. The number of nitrogens with zero attached hydrogens (tertiary/aromatic N) is 1. The lowest BCUT2D eigenvalue weighted by Gasteiger charge is -2.34. The molecule has 0 unspecified atom stereocenters. The lowest BCUT2D eigenvalue weighted by atomic mass is 9.95. The predicted molar refractivity (Wildman–Crippen MR) is 168 cm³/mol. The standard InChI is InChI=1S/C37H33NSi/c1-4-14-30(15-5-1)39(31-16-6-2-7-17-31,32-18-8-3-9-19-32)33-26-24-29(25-27-33)28-38-36-22-12-10-20-34(36)35-21-11-13-23-37(35)38/h1-10,12,14-20,22,24-27H,11,13,21,23,28H2. The molecule has 0 atom stereocenters. The van der Waals surface area contributed by atoms with Gasteiger partial charge in [-0.25, -0.2) is 0 Å². The van der Waals surface area contributed by atoms with Gasteiger partial charge in [0.05, 0.1) is 0 Å². The van der Waals surface area contributed by atoms with Crippen molar-refractivity contribution >= 4 is 39.7 Å². The fourth-order valence-electron chi connectivity index (χ4n) is 6.87. The molecule has 5 aromatic carbocycles. The Labute approximate surface area is 232 Å². The largest absolute Gasteiger partial charge is 0.340 e. The molecule has 2 heteroatoms. The second kappa shape index (κ2) is 10.2. The molecule has 0 fully saturated rings. The van der Waals surface area contributed by atoms with E-state index >= 15 is 0 Å². The van der Waals surface area contributed by atoms with E-state index in [1.165, 1.54) is 62.9 Å². The van der Waals surface area contributed by atoms with Crippen LogP contribution in [0.4, 0.5) is 0 Å². The van der Waals surface area contributed by atoms with Crippen molar-refractivity contribution in [3.63, 3.8) is 0 Å². The maximum atomic E-state index is 2.59. The molecule has 0 amide bonds. The molecule has 0 saturated heterocycles. The highest BCUT2D eigenvalue weighted by atomic mass is 28.3. The zero-order valence-electron chi connectivity index (χ0n) is 22.3. The van der Waals surface area contributed by atoms with Gasteiger partial charge in [-0.3, -0.25) is 0 Å². The molecule has 1 aromatic heterocycles. The van der Waals surface area contributed by atoms with Crippen LogP contribution in [0.15, 0.2) is 140 Å². The first kappa shape index (κ1) is 23.9. The molecule has 0 N–H and O–H groups in total. The summed E-state index contributed by atoms with van der Waals surface area (Å²) in [5.74, 6) is 0. The Balaban J connectivity index is 1.37. The van der Waals surface area contributed by atoms with E-state index in [0.29, 0.717) is 0 Å². The number of benzene rings is 5. The van der Waals surface area contributed by atoms with Crippen LogP contribution in [-0.4, -0.2) is 12.6 Å². The second-order valence-electron chi connectivity index (χ2n) is 10.8. The summed E-state index contributed by atoms with van der Waals surface area (Å²) in [6.45, 7) is 0.923. The summed E-state index contributed by atoms with van der Waals surface area (Å²) in [5.41, 5.74) is 5.88. The van der Waals surface area contributed by atoms with Crippen LogP contribution in [0.3, 0.4) is 0 Å². The molecule has 0 radical (unpaired) electrons. The number of aromatic nitrogens is 1. The van der Waals surface area contributed by atoms with E-state index < -0.39 is 8.07 Å². The lowest BCUT2D eigenvalue weighted by molar-refractivity contribution is 0.638. The molecular weight excluding hydrogens is 487 g/mol. The number of para-hydroxylation sites is 1. The van der Waals surface area contributed by atoms with Crippen molar-refractivity contribution in [3.05, 3.63) is 156 Å². The molecule has 1 aliphatic carbocycles. The summed E-state index contributed by atoms with van der Waals surface area (Å²) in [6, 6.07) is 52.1. The Hall–Kier alpha value is -4.14. The maximum Gasteiger partial charge on any atom is 0.179 e. The molecule has 7 rings (SSSR count). The van der Waals surface area contributed by atoms with Crippen molar-refractivity contribution in [1.29, 1.82) is 0 Å². The smallest absolute Gasteiger partial charge is 0.179 e. The summed E-state index contributed by atoms with van der Waals surface area (Å²) >= 11 is 0. The van der Waals surface area contributed by atoms with Gasteiger partial charge in [0.2, 0.25) is 0 Å². The SMILES string of the molecule is c1ccc([Si](c2ccccc2)(c2ccccc2)c2ccc(Cn3c4c(c5ccccc53)CCCC4)cc2)cc1. The molecule has 190 valence electrons. The van der Waals surface area contributed by atoms with E-state index in [0.717, 1.165) is 6.54 Å². The Morgan fingerprint density at radius 1 is 0.487 bits per heavy atom. The van der Waals surface area contributed by atoms with Gasteiger partial charge < -0.3 is 4.57 Å². The normalized spacial score (nSPS) is 13.3. The van der Waals surface area contributed by atoms with E-state index in [1.54, 1.807) is 11.3 Å². The first-order valence-corrected chi connectivity index (χ1v) is 16.2. The lowest BCUT2D eigenvalue weighted by Crippen LogP contribution is -2.74. The molecule has 1 heterocycles. The predicted octanol–water partition coefficient (Wildman–Crippen LogP) is 5.95. The molecule has 1 aliphatic rings. The van der Waals surface area contributed by atoms with Crippen LogP contribution in [0.5, 0.6) is 0 Å². The third kappa shape index (κ3) is 4.07. The minimum absolute atomic E-state index is 0.923. The fraction of sp³-hybridized carbons (Fsp3) is 0.135. The summed E-state index contributed by atoms with van der Waals surface area (Å²) in [7, 11) is -2.48. The van der Waals surface area contributed by atoms with Gasteiger partial charge in [-0.2, -0.15) is 0 Å². The highest BCUT2D eigenvalue weighted by molar-refractivity contribution is 7.19. The topological polar surface area (TPSA) is 4.93 Å². The Morgan fingerprint density at radius 3 is 1.56 bits per heavy atom. The van der Waals surface area contributed by atoms with Crippen LogP contribution in [-0.2, 0) is 19.4 Å². The molecule has 6 aromatic rings. The quantitative estimate of drug-likeness (QED) is 0.189. The third-order valence-corrected chi connectivity index (χ3v) is 13.4. The third-order valence-electron chi connectivity index (χ3n) is 8.63. The summed E-state index contributed by atoms with van der Waals surface area (Å²) in [5, 5.41) is 7.13. The van der Waals surface area contributed by atoms with Crippen LogP contribution < -0.4 is 20.7 Å². The van der Waals surface area contributed by atoms with Crippen LogP contribution in [0.1, 0.15) is 29.7 Å². The van der Waals surface area contributed by atoms with Gasteiger partial charge in [0.15, 0.2) is 8.07 Å². The van der Waals surface area contributed by atoms with Gasteiger partial charge in [0.25, 0.3) is 0 Å². The van der Waals surface area contributed by atoms with Crippen LogP contribution in [0.25, 0.3) is 10.9 Å². The minimum Gasteiger partial charge on any atom is -0.340 e. The molecule has 0 aliphatic heterocycles. The molecule has 1 nitrogen and oxygen atoms in total. The number of rotatable bonds is 6. The van der Waals surface area contributed by atoms with E-state index in [2.05, 4.69) is 144 Å². The van der Waals surface area contributed by atoms with Crippen molar-refractivity contribution in [2.75, 3.05) is 0 Å². The summed E-state index contributed by atoms with van der Waals surface area (Å²) in [4.78, 5) is 0. The maximum absolute atomic E-state index is 2.59. The van der Waals surface area contributed by atoms with E-state index in [4.69, 9.17) is 0 Å². The fourth-order valence-corrected chi connectivity index (χ4v) is 11.6. The zero-order chi connectivity index (χ0) is 26.1. The molecule has 0 bridgehead atoms. The Kier molecular flexibility index (Phi) is 6.26. The Morgan fingerprint density at radius 2 is 0.974 bits per heavy atom. The molecule has 39 heavy (non-hydrogen) atoms. The van der Waals surface area contributed by atoms with Gasteiger partial charge in [-0.15, -0.1) is 0 Å². The van der Waals surface area contributed by atoms with E-state index in [1.807, 2.05) is 0 Å². The zero-order valence-corrected chi connectivity index (χ0v) is 23.3. The number of hydrogen-bond acceptors (Lipinski definition) is 0. The van der Waals surface area contributed by atoms with Crippen LogP contribution in [0, 0.1) is 0 Å². The highest BCUT2D eigenvalue weighted by Crippen LogP contribution is 2.32. The first-order valence-electron chi connectivity index (χ1n) is 14.2. The summed E-state index contributed by atoms with van der Waals surface area (Å²) < 4.78 is 2.59. The number of aryl methyl sites for hydroxylation is 1. The monoisotopic (exact) mass is 519 g/mol. The Bertz CT molecular complexity index is 1600. The second-order valence-corrected chi connectivity index (χ2v) is 14.6. The van der Waals surface area contributed by atoms with Crippen LogP contribution in [0.2, 0.25) is 0 Å². The van der Waals surface area contributed by atoms with Gasteiger partial charge >= 0.3 is 0 Å². The van der Waals surface area contributed by atoms with Gasteiger partial charge in [0.1, 0.15) is 0 Å². The number of hydrogen-bond donors (Lipinski definition) is 0. The van der Waals surface area contributed by atoms with Crippen molar-refractivity contribution < 1.29 is 0 Å². The van der Waals surface area contributed by atoms with E-state index in [-0.39, 0.29) is 0 Å². The average molecular weight is 520 g/mol. The molecule has 0 spiro atoms. The average Bonchev–Trinajstić information content (AvgIpc) is 3.33. The minimum atomic E-state index is -2.48. The van der Waals surface area contributed by atoms with Crippen molar-refractivity contribution in [3.8, 4) is 0 Å². The number of fused-ring (bicyclic) bond motifs is 3. The highest BCUT2D eigenvalue weighted by Gasteiger charge is 2.41. The van der Waals surface area contributed by atoms with Gasteiger partial charge in [-0.05, 0) is 63.6 Å². The summed E-state index contributed by atoms with van der Waals surface area (Å²) in [6.07, 6.45) is 5.00. The van der Waals surface area contributed by atoms with Crippen LogP contribution >= 0.6 is 0 Å². The molecular formula is C37H33NSi. The van der Waals surface area contributed by atoms with Gasteiger partial charge in [0, 0.05) is 23.1 Å². The van der Waals surface area contributed by atoms with Crippen molar-refractivity contribution in [2.45, 2.75) is 32.2 Å². The van der Waals surface area contributed by atoms with Gasteiger partial charge in [-0.1, -0.05) is 133 Å². The molecule has 0 saturated carbocycles. The van der Waals surface area contributed by atoms with Crippen molar-refractivity contribution in [1.82, 2.24) is 4.57 Å².